The Morgan fingerprint density at radius 3 is 3.00 bits per heavy atom. The molecular formula is C10H10N4O. The van der Waals surface area contributed by atoms with Gasteiger partial charge in [-0.3, -0.25) is 9.89 Å². The summed E-state index contributed by atoms with van der Waals surface area (Å²) in [5, 5.41) is 11.9. The van der Waals surface area contributed by atoms with Gasteiger partial charge in [-0.2, -0.15) is 5.26 Å². The van der Waals surface area contributed by atoms with Gasteiger partial charge in [0, 0.05) is 12.5 Å². The molecule has 0 aliphatic rings. The Bertz CT molecular complexity index is 615. The first-order valence-corrected chi connectivity index (χ1v) is 4.68. The summed E-state index contributed by atoms with van der Waals surface area (Å²) in [6, 6.07) is 3.28. The molecule has 0 atom stereocenters. The predicted octanol–water partition coefficient (Wildman–Crippen LogP) is 0.765. The molecule has 0 saturated carbocycles. The van der Waals surface area contributed by atoms with Gasteiger partial charge in [0.15, 0.2) is 5.65 Å². The van der Waals surface area contributed by atoms with Crippen molar-refractivity contribution in [2.75, 3.05) is 0 Å². The number of aromatic amines is 1. The monoisotopic (exact) mass is 202 g/mol. The molecule has 0 fully saturated rings. The molecule has 0 radical (unpaired) electrons. The Hall–Kier alpha value is -2.09. The first kappa shape index (κ1) is 9.46. The Balaban J connectivity index is 2.90. The van der Waals surface area contributed by atoms with Crippen LogP contribution < -0.4 is 5.43 Å². The summed E-state index contributed by atoms with van der Waals surface area (Å²) in [4.78, 5) is 15.7. The molecule has 2 aromatic heterocycles. The van der Waals surface area contributed by atoms with E-state index in [0.29, 0.717) is 11.3 Å². The van der Waals surface area contributed by atoms with E-state index in [1.807, 2.05) is 13.0 Å². The Kier molecular flexibility index (Phi) is 2.05. The highest BCUT2D eigenvalue weighted by Crippen LogP contribution is 2.06. The number of nitrogens with zero attached hydrogens (tertiary/aromatic N) is 3. The van der Waals surface area contributed by atoms with Crippen LogP contribution in [0, 0.1) is 18.3 Å². The minimum Gasteiger partial charge on any atom is -0.288 e. The molecule has 5 heteroatoms. The van der Waals surface area contributed by atoms with Gasteiger partial charge in [-0.25, -0.2) is 9.50 Å². The third-order valence-corrected chi connectivity index (χ3v) is 2.37. The van der Waals surface area contributed by atoms with Crippen LogP contribution in [0.15, 0.2) is 10.9 Å². The van der Waals surface area contributed by atoms with Gasteiger partial charge in [-0.15, -0.1) is 0 Å². The Labute approximate surface area is 86.0 Å². The second-order valence-corrected chi connectivity index (χ2v) is 3.30. The van der Waals surface area contributed by atoms with E-state index in [-0.39, 0.29) is 11.0 Å². The van der Waals surface area contributed by atoms with Crippen LogP contribution in [-0.4, -0.2) is 14.6 Å². The largest absolute Gasteiger partial charge is 0.288 e. The summed E-state index contributed by atoms with van der Waals surface area (Å²) in [6.07, 6.45) is 0.761. The van der Waals surface area contributed by atoms with Crippen LogP contribution in [0.3, 0.4) is 0 Å². The van der Waals surface area contributed by atoms with Gasteiger partial charge in [-0.1, -0.05) is 6.92 Å². The Morgan fingerprint density at radius 2 is 2.40 bits per heavy atom. The average Bonchev–Trinajstić information content (AvgIpc) is 2.61. The highest BCUT2D eigenvalue weighted by Gasteiger charge is 2.09. The van der Waals surface area contributed by atoms with Crippen molar-refractivity contribution in [3.63, 3.8) is 0 Å². The van der Waals surface area contributed by atoms with Crippen molar-refractivity contribution in [2.45, 2.75) is 20.3 Å². The van der Waals surface area contributed by atoms with E-state index < -0.39 is 0 Å². The predicted molar refractivity (Wildman–Crippen MR) is 54.6 cm³/mol. The van der Waals surface area contributed by atoms with Crippen molar-refractivity contribution in [1.82, 2.24) is 14.6 Å². The lowest BCUT2D eigenvalue weighted by atomic mass is 10.2. The fraction of sp³-hybridized carbons (Fsp3) is 0.300. The highest BCUT2D eigenvalue weighted by molar-refractivity contribution is 5.45. The molecule has 0 spiro atoms. The van der Waals surface area contributed by atoms with Crippen LogP contribution in [0.25, 0.3) is 5.65 Å². The highest BCUT2D eigenvalue weighted by atomic mass is 16.1. The second-order valence-electron chi connectivity index (χ2n) is 3.30. The number of fused-ring (bicyclic) bond motifs is 1. The second kappa shape index (κ2) is 3.24. The zero-order valence-electron chi connectivity index (χ0n) is 8.53. The van der Waals surface area contributed by atoms with Crippen LogP contribution in [0.1, 0.15) is 24.0 Å². The van der Waals surface area contributed by atoms with Gasteiger partial charge >= 0.3 is 0 Å². The number of nitrogens with one attached hydrogen (secondary N) is 1. The summed E-state index contributed by atoms with van der Waals surface area (Å²) in [5.41, 5.74) is 1.06. The summed E-state index contributed by atoms with van der Waals surface area (Å²) in [6.45, 7) is 3.70. The van der Waals surface area contributed by atoms with E-state index in [1.165, 1.54) is 6.07 Å². The van der Waals surface area contributed by atoms with E-state index >= 15 is 0 Å². The molecule has 0 amide bonds. The zero-order valence-corrected chi connectivity index (χ0v) is 8.53. The van der Waals surface area contributed by atoms with Crippen molar-refractivity contribution in [2.24, 2.45) is 0 Å². The lowest BCUT2D eigenvalue weighted by Gasteiger charge is -1.99. The SMILES string of the molecule is CCc1nc2cc(=O)c(C#N)c(C)n2[nH]1. The lowest BCUT2D eigenvalue weighted by molar-refractivity contribution is 0.856. The number of hydrogen-bond acceptors (Lipinski definition) is 3. The van der Waals surface area contributed by atoms with Crippen LogP contribution in [0.2, 0.25) is 0 Å². The number of pyridine rings is 1. The van der Waals surface area contributed by atoms with Crippen LogP contribution in [0.4, 0.5) is 0 Å². The van der Waals surface area contributed by atoms with Crippen molar-refractivity contribution in [1.29, 1.82) is 5.26 Å². The smallest absolute Gasteiger partial charge is 0.201 e. The minimum atomic E-state index is -0.274. The van der Waals surface area contributed by atoms with E-state index in [2.05, 4.69) is 10.1 Å². The van der Waals surface area contributed by atoms with Crippen molar-refractivity contribution in [3.8, 4) is 6.07 Å². The van der Waals surface area contributed by atoms with Crippen LogP contribution in [-0.2, 0) is 6.42 Å². The van der Waals surface area contributed by atoms with Gasteiger partial charge in [0.1, 0.15) is 17.5 Å². The topological polar surface area (TPSA) is 73.9 Å². The first-order chi connectivity index (χ1) is 7.17. The fourth-order valence-electron chi connectivity index (χ4n) is 1.53. The van der Waals surface area contributed by atoms with Gasteiger partial charge in [0.25, 0.3) is 0 Å². The third-order valence-electron chi connectivity index (χ3n) is 2.37. The van der Waals surface area contributed by atoms with E-state index in [9.17, 15) is 4.79 Å². The van der Waals surface area contributed by atoms with Gasteiger partial charge in [0.2, 0.25) is 5.43 Å². The minimum absolute atomic E-state index is 0.166. The number of H-pyrrole nitrogens is 1. The number of rotatable bonds is 1. The summed E-state index contributed by atoms with van der Waals surface area (Å²) in [7, 11) is 0. The van der Waals surface area contributed by atoms with Gasteiger partial charge < -0.3 is 0 Å². The molecule has 1 N–H and O–H groups in total. The van der Waals surface area contributed by atoms with Crippen molar-refractivity contribution in [3.05, 3.63) is 33.4 Å². The standard InChI is InChI=1S/C10H10N4O/c1-3-9-12-10-4-8(15)7(5-11)6(2)14(10)13-9/h4H,3H2,1-2H3,(H,12,13). The lowest BCUT2D eigenvalue weighted by Crippen LogP contribution is -2.11. The molecule has 0 aliphatic carbocycles. The summed E-state index contributed by atoms with van der Waals surface area (Å²) >= 11 is 0. The molecule has 0 saturated heterocycles. The first-order valence-electron chi connectivity index (χ1n) is 4.68. The molecule has 0 bridgehead atoms. The molecule has 2 rings (SSSR count). The van der Waals surface area contributed by atoms with Crippen LogP contribution >= 0.6 is 0 Å². The molecule has 15 heavy (non-hydrogen) atoms. The third kappa shape index (κ3) is 1.31. The molecular weight excluding hydrogens is 192 g/mol. The number of nitriles is 1. The molecule has 0 aromatic carbocycles. The number of aryl methyl sites for hydroxylation is 2. The normalized spacial score (nSPS) is 10.5. The maximum atomic E-state index is 11.5. The molecule has 2 aromatic rings. The average molecular weight is 202 g/mol. The van der Waals surface area contributed by atoms with Crippen LogP contribution in [0.5, 0.6) is 0 Å². The maximum absolute atomic E-state index is 11.5. The molecule has 0 aliphatic heterocycles. The van der Waals surface area contributed by atoms with Gasteiger partial charge in [-0.05, 0) is 6.92 Å². The van der Waals surface area contributed by atoms with E-state index in [1.54, 1.807) is 11.4 Å². The number of hydrogen-bond donors (Lipinski definition) is 1. The Morgan fingerprint density at radius 1 is 1.67 bits per heavy atom. The number of aromatic nitrogens is 3. The van der Waals surface area contributed by atoms with E-state index in [0.717, 1.165) is 12.2 Å². The fourth-order valence-corrected chi connectivity index (χ4v) is 1.53. The molecule has 0 unspecified atom stereocenters. The van der Waals surface area contributed by atoms with Crippen molar-refractivity contribution >= 4 is 5.65 Å². The van der Waals surface area contributed by atoms with E-state index in [4.69, 9.17) is 5.26 Å². The van der Waals surface area contributed by atoms with Gasteiger partial charge in [0.05, 0.1) is 5.69 Å². The maximum Gasteiger partial charge on any atom is 0.201 e. The molecule has 5 nitrogen and oxygen atoms in total. The quantitative estimate of drug-likeness (QED) is 0.742. The van der Waals surface area contributed by atoms with Crippen molar-refractivity contribution < 1.29 is 0 Å². The molecule has 76 valence electrons. The summed E-state index contributed by atoms with van der Waals surface area (Å²) < 4.78 is 1.67. The summed E-state index contributed by atoms with van der Waals surface area (Å²) in [5.74, 6) is 0.799. The zero-order chi connectivity index (χ0) is 11.0. The molecule has 2 heterocycles.